The minimum Gasteiger partial charge on any atom is -0.377 e. The second-order valence-electron chi connectivity index (χ2n) is 6.04. The molecule has 3 nitrogen and oxygen atoms in total. The van der Waals surface area contributed by atoms with Crippen LogP contribution in [0.2, 0.25) is 0 Å². The van der Waals surface area contributed by atoms with Gasteiger partial charge in [-0.25, -0.2) is 4.39 Å². The minimum absolute atomic E-state index is 0.237. The molecule has 0 atom stereocenters. The van der Waals surface area contributed by atoms with Crippen LogP contribution in [0.3, 0.4) is 0 Å². The van der Waals surface area contributed by atoms with E-state index in [-0.39, 0.29) is 5.82 Å². The standard InChI is InChI=1S/C22H20FN3S/c1-16-7-12-20(23)13-21(16)19-10-8-17(9-11-19)14-25-26-22(24)27-15-18-5-3-2-4-6-18/h2-14H,15H2,1H3,(H2,24,26). The molecule has 0 fully saturated rings. The van der Waals surface area contributed by atoms with Gasteiger partial charge in [0.15, 0.2) is 5.17 Å². The Bertz CT molecular complexity index is 951. The number of nitrogens with zero attached hydrogens (tertiary/aromatic N) is 2. The lowest BCUT2D eigenvalue weighted by Crippen LogP contribution is -2.05. The molecule has 0 spiro atoms. The molecule has 0 radical (unpaired) electrons. The molecular weight excluding hydrogens is 357 g/mol. The van der Waals surface area contributed by atoms with Gasteiger partial charge >= 0.3 is 0 Å². The summed E-state index contributed by atoms with van der Waals surface area (Å²) >= 11 is 1.45. The van der Waals surface area contributed by atoms with E-state index in [0.717, 1.165) is 28.0 Å². The van der Waals surface area contributed by atoms with Crippen molar-refractivity contribution in [1.82, 2.24) is 0 Å². The molecular formula is C22H20FN3S. The van der Waals surface area contributed by atoms with E-state index in [9.17, 15) is 4.39 Å². The van der Waals surface area contributed by atoms with Gasteiger partial charge in [-0.1, -0.05) is 72.4 Å². The van der Waals surface area contributed by atoms with Crippen molar-refractivity contribution in [3.8, 4) is 11.1 Å². The molecule has 0 aromatic heterocycles. The number of rotatable bonds is 5. The number of nitrogens with two attached hydrogens (primary N) is 1. The number of aryl methyl sites for hydroxylation is 1. The summed E-state index contributed by atoms with van der Waals surface area (Å²) in [5.41, 5.74) is 10.9. The summed E-state index contributed by atoms with van der Waals surface area (Å²) in [7, 11) is 0. The van der Waals surface area contributed by atoms with Crippen LogP contribution in [0.4, 0.5) is 4.39 Å². The molecule has 0 saturated carbocycles. The van der Waals surface area contributed by atoms with Crippen LogP contribution in [0.25, 0.3) is 11.1 Å². The van der Waals surface area contributed by atoms with E-state index in [4.69, 9.17) is 5.73 Å². The molecule has 0 aliphatic rings. The van der Waals surface area contributed by atoms with E-state index in [0.29, 0.717) is 5.17 Å². The molecule has 3 aromatic carbocycles. The van der Waals surface area contributed by atoms with E-state index < -0.39 is 0 Å². The molecule has 3 aromatic rings. The van der Waals surface area contributed by atoms with Crippen LogP contribution >= 0.6 is 11.8 Å². The van der Waals surface area contributed by atoms with Gasteiger partial charge in [-0.15, -0.1) is 5.10 Å². The van der Waals surface area contributed by atoms with Crippen molar-refractivity contribution in [3.63, 3.8) is 0 Å². The van der Waals surface area contributed by atoms with Crippen molar-refractivity contribution in [2.75, 3.05) is 0 Å². The third-order valence-corrected chi connectivity index (χ3v) is 4.87. The molecule has 2 N–H and O–H groups in total. The molecule has 136 valence electrons. The van der Waals surface area contributed by atoms with Crippen molar-refractivity contribution in [1.29, 1.82) is 0 Å². The Kier molecular flexibility index (Phi) is 6.39. The zero-order valence-corrected chi connectivity index (χ0v) is 15.8. The zero-order valence-electron chi connectivity index (χ0n) is 15.0. The summed E-state index contributed by atoms with van der Waals surface area (Å²) in [6, 6.07) is 22.6. The Balaban J connectivity index is 1.61. The van der Waals surface area contributed by atoms with Crippen LogP contribution in [0, 0.1) is 12.7 Å². The van der Waals surface area contributed by atoms with E-state index >= 15 is 0 Å². The van der Waals surface area contributed by atoms with Crippen molar-refractivity contribution < 1.29 is 4.39 Å². The number of benzene rings is 3. The normalized spacial score (nSPS) is 11.9. The van der Waals surface area contributed by atoms with Gasteiger partial charge in [-0.2, -0.15) is 5.10 Å². The first-order valence-electron chi connectivity index (χ1n) is 8.51. The zero-order chi connectivity index (χ0) is 19.1. The van der Waals surface area contributed by atoms with Crippen molar-refractivity contribution in [2.45, 2.75) is 12.7 Å². The van der Waals surface area contributed by atoms with Crippen molar-refractivity contribution >= 4 is 23.1 Å². The Labute approximate surface area is 162 Å². The van der Waals surface area contributed by atoms with Gasteiger partial charge < -0.3 is 5.73 Å². The Hall–Kier alpha value is -2.92. The molecule has 3 rings (SSSR count). The lowest BCUT2D eigenvalue weighted by atomic mass is 9.99. The maximum absolute atomic E-state index is 13.5. The van der Waals surface area contributed by atoms with Gasteiger partial charge in [-0.05, 0) is 46.9 Å². The highest BCUT2D eigenvalue weighted by Gasteiger charge is 2.03. The molecule has 0 heterocycles. The summed E-state index contributed by atoms with van der Waals surface area (Å²) < 4.78 is 13.5. The average molecular weight is 377 g/mol. The highest BCUT2D eigenvalue weighted by Crippen LogP contribution is 2.24. The van der Waals surface area contributed by atoms with E-state index in [1.807, 2.05) is 61.5 Å². The summed E-state index contributed by atoms with van der Waals surface area (Å²) in [6.45, 7) is 1.97. The van der Waals surface area contributed by atoms with Gasteiger partial charge in [0.1, 0.15) is 5.82 Å². The van der Waals surface area contributed by atoms with Gasteiger partial charge in [0.25, 0.3) is 0 Å². The first-order chi connectivity index (χ1) is 13.1. The van der Waals surface area contributed by atoms with Gasteiger partial charge in [0.2, 0.25) is 0 Å². The van der Waals surface area contributed by atoms with Crippen LogP contribution in [0.15, 0.2) is 83.0 Å². The predicted molar refractivity (Wildman–Crippen MR) is 114 cm³/mol. The smallest absolute Gasteiger partial charge is 0.180 e. The van der Waals surface area contributed by atoms with Crippen molar-refractivity contribution in [3.05, 3.63) is 95.3 Å². The first kappa shape index (κ1) is 18.9. The fourth-order valence-corrected chi connectivity index (χ4v) is 3.18. The van der Waals surface area contributed by atoms with Gasteiger partial charge in [0.05, 0.1) is 6.21 Å². The monoisotopic (exact) mass is 377 g/mol. The molecule has 0 unspecified atom stereocenters. The molecule has 0 amide bonds. The lowest BCUT2D eigenvalue weighted by Gasteiger charge is -2.06. The molecule has 0 saturated heterocycles. The molecule has 27 heavy (non-hydrogen) atoms. The number of amidine groups is 1. The highest BCUT2D eigenvalue weighted by atomic mass is 32.2. The van der Waals surface area contributed by atoms with Crippen LogP contribution in [-0.4, -0.2) is 11.4 Å². The number of thioether (sulfide) groups is 1. The summed E-state index contributed by atoms with van der Waals surface area (Å²) in [5, 5.41) is 8.48. The Morgan fingerprint density at radius 1 is 1.04 bits per heavy atom. The maximum atomic E-state index is 13.5. The van der Waals surface area contributed by atoms with Gasteiger partial charge in [-0.3, -0.25) is 0 Å². The second-order valence-corrected chi connectivity index (χ2v) is 7.03. The van der Waals surface area contributed by atoms with E-state index in [1.165, 1.54) is 23.4 Å². The van der Waals surface area contributed by atoms with Crippen LogP contribution in [-0.2, 0) is 5.75 Å². The van der Waals surface area contributed by atoms with E-state index in [1.54, 1.807) is 18.3 Å². The highest BCUT2D eigenvalue weighted by molar-refractivity contribution is 8.13. The number of hydrogen-bond donors (Lipinski definition) is 1. The summed E-state index contributed by atoms with van der Waals surface area (Å²) in [6.07, 6.45) is 1.65. The number of halogens is 1. The van der Waals surface area contributed by atoms with Crippen molar-refractivity contribution in [2.24, 2.45) is 15.9 Å². The largest absolute Gasteiger partial charge is 0.377 e. The SMILES string of the molecule is Cc1ccc(F)cc1-c1ccc(C=NN=C(N)SCc2ccccc2)cc1. The summed E-state index contributed by atoms with van der Waals surface area (Å²) in [4.78, 5) is 0. The summed E-state index contributed by atoms with van der Waals surface area (Å²) in [5.74, 6) is 0.520. The fourth-order valence-electron chi connectivity index (χ4n) is 2.57. The number of hydrogen-bond acceptors (Lipinski definition) is 3. The van der Waals surface area contributed by atoms with E-state index in [2.05, 4.69) is 10.2 Å². The quantitative estimate of drug-likeness (QED) is 0.368. The maximum Gasteiger partial charge on any atom is 0.180 e. The molecule has 0 aliphatic carbocycles. The Morgan fingerprint density at radius 3 is 2.52 bits per heavy atom. The minimum atomic E-state index is -0.237. The van der Waals surface area contributed by atoms with Gasteiger partial charge in [0, 0.05) is 5.75 Å². The third kappa shape index (κ3) is 5.53. The molecule has 0 aliphatic heterocycles. The van der Waals surface area contributed by atoms with Crippen LogP contribution in [0.1, 0.15) is 16.7 Å². The second kappa shape index (κ2) is 9.14. The fraction of sp³-hybridized carbons (Fsp3) is 0.0909. The first-order valence-corrected chi connectivity index (χ1v) is 9.50. The lowest BCUT2D eigenvalue weighted by molar-refractivity contribution is 0.628. The van der Waals surface area contributed by atoms with Crippen LogP contribution < -0.4 is 5.73 Å². The van der Waals surface area contributed by atoms with Crippen LogP contribution in [0.5, 0.6) is 0 Å². The predicted octanol–water partition coefficient (Wildman–Crippen LogP) is 5.38. The third-order valence-electron chi connectivity index (χ3n) is 4.01. The molecule has 0 bridgehead atoms. The topological polar surface area (TPSA) is 50.7 Å². The Morgan fingerprint density at radius 2 is 1.78 bits per heavy atom. The molecule has 5 heteroatoms. The average Bonchev–Trinajstić information content (AvgIpc) is 2.70.